The Labute approximate surface area is 165 Å². The summed E-state index contributed by atoms with van der Waals surface area (Å²) in [4.78, 5) is 31.8. The van der Waals surface area contributed by atoms with E-state index in [9.17, 15) is 18.4 Å². The number of rotatable bonds is 5. The average molecular weight is 398 g/mol. The Morgan fingerprint density at radius 2 is 1.83 bits per heavy atom. The lowest BCUT2D eigenvalue weighted by Gasteiger charge is -2.22. The molecule has 2 heterocycles. The zero-order valence-electron chi connectivity index (χ0n) is 15.7. The highest BCUT2D eigenvalue weighted by Gasteiger charge is 2.21. The lowest BCUT2D eigenvalue weighted by Crippen LogP contribution is -2.39. The second-order valence-corrected chi connectivity index (χ2v) is 7.07. The van der Waals surface area contributed by atoms with Crippen molar-refractivity contribution in [2.24, 2.45) is 0 Å². The van der Waals surface area contributed by atoms with Crippen LogP contribution in [0.25, 0.3) is 10.9 Å². The van der Waals surface area contributed by atoms with E-state index in [4.69, 9.17) is 0 Å². The van der Waals surface area contributed by atoms with Crippen molar-refractivity contribution >= 4 is 22.8 Å². The fourth-order valence-corrected chi connectivity index (χ4v) is 3.51. The van der Waals surface area contributed by atoms with Gasteiger partial charge in [-0.3, -0.25) is 15.0 Å². The second kappa shape index (κ2) is 7.98. The summed E-state index contributed by atoms with van der Waals surface area (Å²) < 4.78 is 28.1. The van der Waals surface area contributed by atoms with Crippen LogP contribution < -0.4 is 15.9 Å². The van der Waals surface area contributed by atoms with E-state index in [0.29, 0.717) is 31.0 Å². The highest BCUT2D eigenvalue weighted by atomic mass is 19.1. The number of nitrogens with one attached hydrogen (secondary N) is 1. The molecule has 3 aromatic rings. The molecule has 0 spiro atoms. The Morgan fingerprint density at radius 3 is 2.59 bits per heavy atom. The first-order chi connectivity index (χ1) is 14.0. The molecule has 6 nitrogen and oxygen atoms in total. The van der Waals surface area contributed by atoms with Gasteiger partial charge in [0.1, 0.15) is 11.6 Å². The number of hydrogen-bond acceptors (Lipinski definition) is 4. The van der Waals surface area contributed by atoms with Crippen molar-refractivity contribution in [2.45, 2.75) is 25.7 Å². The van der Waals surface area contributed by atoms with E-state index in [1.54, 1.807) is 12.1 Å². The zero-order chi connectivity index (χ0) is 20.4. The van der Waals surface area contributed by atoms with Gasteiger partial charge in [0.05, 0.1) is 10.9 Å². The first kappa shape index (κ1) is 19.0. The lowest BCUT2D eigenvalue weighted by atomic mass is 10.1. The van der Waals surface area contributed by atoms with Gasteiger partial charge in [0.25, 0.3) is 5.56 Å². The summed E-state index contributed by atoms with van der Waals surface area (Å²) in [6.07, 6.45) is 2.32. The molecule has 0 aliphatic carbocycles. The number of aromatic nitrogens is 2. The minimum Gasteiger partial charge on any atom is -0.341 e. The normalized spacial score (nSPS) is 13.8. The van der Waals surface area contributed by atoms with E-state index in [1.165, 1.54) is 30.3 Å². The van der Waals surface area contributed by atoms with Gasteiger partial charge in [-0.25, -0.2) is 13.8 Å². The van der Waals surface area contributed by atoms with Crippen LogP contribution in [-0.4, -0.2) is 28.7 Å². The van der Waals surface area contributed by atoms with Crippen LogP contribution in [0.3, 0.4) is 0 Å². The summed E-state index contributed by atoms with van der Waals surface area (Å²) in [5, 5.41) is 0.222. The van der Waals surface area contributed by atoms with E-state index in [-0.39, 0.29) is 29.0 Å². The van der Waals surface area contributed by atoms with Crippen molar-refractivity contribution in [3.63, 3.8) is 0 Å². The Morgan fingerprint density at radius 1 is 1.07 bits per heavy atom. The molecule has 1 fully saturated rings. The summed E-state index contributed by atoms with van der Waals surface area (Å²) in [5.41, 5.74) is 3.10. The van der Waals surface area contributed by atoms with Gasteiger partial charge in [-0.1, -0.05) is 12.1 Å². The molecule has 1 aromatic heterocycles. The van der Waals surface area contributed by atoms with Crippen LogP contribution in [0.5, 0.6) is 0 Å². The fraction of sp³-hybridized carbons (Fsp3) is 0.286. The van der Waals surface area contributed by atoms with Gasteiger partial charge in [0, 0.05) is 25.6 Å². The van der Waals surface area contributed by atoms with Crippen molar-refractivity contribution in [3.8, 4) is 0 Å². The van der Waals surface area contributed by atoms with Gasteiger partial charge in [-0.15, -0.1) is 0 Å². The number of fused-ring (bicyclic) bond motifs is 1. The predicted molar refractivity (Wildman–Crippen MR) is 106 cm³/mol. The fourth-order valence-electron chi connectivity index (χ4n) is 3.51. The largest absolute Gasteiger partial charge is 0.341 e. The molecule has 2 aromatic carbocycles. The molecule has 29 heavy (non-hydrogen) atoms. The Hall–Kier alpha value is -3.29. The van der Waals surface area contributed by atoms with Crippen molar-refractivity contribution < 1.29 is 13.6 Å². The smallest absolute Gasteiger partial charge is 0.281 e. The molecule has 1 N–H and O–H groups in total. The number of aryl methyl sites for hydroxylation is 1. The number of carbonyl (C=O) groups excluding carboxylic acids is 1. The van der Waals surface area contributed by atoms with Crippen LogP contribution >= 0.6 is 0 Å². The maximum atomic E-state index is 13.6. The Kier molecular flexibility index (Phi) is 5.24. The Bertz CT molecular complexity index is 1120. The number of carbonyl (C=O) groups is 1. The first-order valence-electron chi connectivity index (χ1n) is 9.53. The lowest BCUT2D eigenvalue weighted by molar-refractivity contribution is -0.117. The van der Waals surface area contributed by atoms with Crippen molar-refractivity contribution in [3.05, 3.63) is 70.0 Å². The molecule has 1 aliphatic rings. The standard InChI is InChI=1S/C21H20F2N4O2/c22-15-5-3-4-14(12-15)6-9-19(28)25-27-20(29)17-8-7-16(23)13-18(17)24-21(27)26-10-1-2-11-26/h3-5,7-8,12-13H,1-2,6,9-11H2,(H,25,28). The van der Waals surface area contributed by atoms with E-state index < -0.39 is 11.4 Å². The number of halogens is 2. The minimum absolute atomic E-state index is 0.0801. The number of nitrogens with zero attached hydrogens (tertiary/aromatic N) is 3. The average Bonchev–Trinajstić information content (AvgIpc) is 3.23. The first-order valence-corrected chi connectivity index (χ1v) is 9.53. The predicted octanol–water partition coefficient (Wildman–Crippen LogP) is 2.98. The van der Waals surface area contributed by atoms with Crippen molar-refractivity contribution in [1.82, 2.24) is 9.66 Å². The summed E-state index contributed by atoms with van der Waals surface area (Å²) in [6.45, 7) is 1.40. The number of benzene rings is 2. The van der Waals surface area contributed by atoms with Crippen molar-refractivity contribution in [2.75, 3.05) is 23.4 Å². The summed E-state index contributed by atoms with van der Waals surface area (Å²) in [7, 11) is 0. The van der Waals surface area contributed by atoms with Gasteiger partial charge in [0.2, 0.25) is 11.9 Å². The van der Waals surface area contributed by atoms with Crippen LogP contribution in [0.1, 0.15) is 24.8 Å². The summed E-state index contributed by atoms with van der Waals surface area (Å²) >= 11 is 0. The van der Waals surface area contributed by atoms with Crippen LogP contribution in [0, 0.1) is 11.6 Å². The molecule has 1 saturated heterocycles. The zero-order valence-corrected chi connectivity index (χ0v) is 15.7. The van der Waals surface area contributed by atoms with Gasteiger partial charge in [-0.2, -0.15) is 4.68 Å². The van der Waals surface area contributed by atoms with Crippen LogP contribution in [0.2, 0.25) is 0 Å². The number of amides is 1. The van der Waals surface area contributed by atoms with Gasteiger partial charge in [-0.05, 0) is 49.1 Å². The van der Waals surface area contributed by atoms with Gasteiger partial charge >= 0.3 is 0 Å². The molecular weight excluding hydrogens is 378 g/mol. The van der Waals surface area contributed by atoms with Crippen LogP contribution in [0.4, 0.5) is 14.7 Å². The van der Waals surface area contributed by atoms with Crippen LogP contribution in [-0.2, 0) is 11.2 Å². The molecule has 1 amide bonds. The third-order valence-corrected chi connectivity index (χ3v) is 4.97. The van der Waals surface area contributed by atoms with E-state index in [0.717, 1.165) is 17.5 Å². The quantitative estimate of drug-likeness (QED) is 0.718. The third-order valence-electron chi connectivity index (χ3n) is 4.97. The van der Waals surface area contributed by atoms with E-state index in [1.807, 2.05) is 4.90 Å². The molecule has 4 rings (SSSR count). The summed E-state index contributed by atoms with van der Waals surface area (Å²) in [5.74, 6) is -0.931. The maximum absolute atomic E-state index is 13.6. The summed E-state index contributed by atoms with van der Waals surface area (Å²) in [6, 6.07) is 9.82. The molecule has 0 radical (unpaired) electrons. The molecular formula is C21H20F2N4O2. The molecule has 1 aliphatic heterocycles. The molecule has 0 unspecified atom stereocenters. The monoisotopic (exact) mass is 398 g/mol. The van der Waals surface area contributed by atoms with Crippen molar-refractivity contribution in [1.29, 1.82) is 0 Å². The van der Waals surface area contributed by atoms with Gasteiger partial charge in [0.15, 0.2) is 0 Å². The molecule has 8 heteroatoms. The molecule has 0 atom stereocenters. The van der Waals surface area contributed by atoms with E-state index >= 15 is 0 Å². The molecule has 0 bridgehead atoms. The SMILES string of the molecule is O=C(CCc1cccc(F)c1)Nn1c(N2CCCC2)nc2cc(F)ccc2c1=O. The number of hydrogen-bond donors (Lipinski definition) is 1. The maximum Gasteiger partial charge on any atom is 0.281 e. The highest BCUT2D eigenvalue weighted by molar-refractivity contribution is 5.85. The molecule has 150 valence electrons. The van der Waals surface area contributed by atoms with Gasteiger partial charge < -0.3 is 4.90 Å². The van der Waals surface area contributed by atoms with E-state index in [2.05, 4.69) is 10.4 Å². The minimum atomic E-state index is -0.478. The molecule has 0 saturated carbocycles. The topological polar surface area (TPSA) is 67.2 Å². The second-order valence-electron chi connectivity index (χ2n) is 7.07. The van der Waals surface area contributed by atoms with Crippen LogP contribution in [0.15, 0.2) is 47.3 Å². The third kappa shape index (κ3) is 4.11. The Balaban J connectivity index is 1.63. The highest BCUT2D eigenvalue weighted by Crippen LogP contribution is 2.19. The number of anilines is 1.